The van der Waals surface area contributed by atoms with Crippen molar-refractivity contribution >= 4 is 11.7 Å². The molecular weight excluding hydrogens is 376 g/mol. The Morgan fingerprint density at radius 2 is 1.83 bits per heavy atom. The highest BCUT2D eigenvalue weighted by atomic mass is 19.3. The number of benzene rings is 2. The van der Waals surface area contributed by atoms with Gasteiger partial charge in [-0.1, -0.05) is 54.6 Å². The highest BCUT2D eigenvalue weighted by Crippen LogP contribution is 2.40. The van der Waals surface area contributed by atoms with Crippen LogP contribution in [-0.4, -0.2) is 29.7 Å². The van der Waals surface area contributed by atoms with E-state index in [1.54, 1.807) is 18.2 Å². The number of piperidine rings is 1. The molecule has 4 nitrogen and oxygen atoms in total. The van der Waals surface area contributed by atoms with E-state index in [-0.39, 0.29) is 30.5 Å². The molecule has 2 aromatic carbocycles. The molecule has 1 saturated heterocycles. The number of hydrogen-bond acceptors (Lipinski definition) is 3. The second kappa shape index (κ2) is 8.64. The number of rotatable bonds is 5. The highest BCUT2D eigenvalue weighted by molar-refractivity contribution is 5.76. The number of para-hydroxylation sites is 1. The van der Waals surface area contributed by atoms with Crippen molar-refractivity contribution in [1.82, 2.24) is 4.90 Å². The molecule has 152 valence electrons. The molecule has 2 heterocycles. The summed E-state index contributed by atoms with van der Waals surface area (Å²) in [5.41, 5.74) is 2.56. The van der Waals surface area contributed by atoms with Crippen molar-refractivity contribution in [3.05, 3.63) is 71.8 Å². The SMILES string of the molecule is O=C(OCc1ccccc1)N1C2C=C(c3ccccc3OC(F)F)CC1CCC2. The van der Waals surface area contributed by atoms with Gasteiger partial charge in [-0.05, 0) is 42.9 Å². The molecule has 2 bridgehead atoms. The van der Waals surface area contributed by atoms with Crippen LogP contribution in [0.25, 0.3) is 5.57 Å². The van der Waals surface area contributed by atoms with Crippen molar-refractivity contribution in [2.24, 2.45) is 0 Å². The summed E-state index contributed by atoms with van der Waals surface area (Å²) < 4.78 is 35.8. The first-order chi connectivity index (χ1) is 14.1. The van der Waals surface area contributed by atoms with Crippen molar-refractivity contribution in [3.63, 3.8) is 0 Å². The van der Waals surface area contributed by atoms with E-state index in [2.05, 4.69) is 0 Å². The minimum atomic E-state index is -2.87. The normalized spacial score (nSPS) is 20.9. The summed E-state index contributed by atoms with van der Waals surface area (Å²) in [7, 11) is 0. The van der Waals surface area contributed by atoms with Crippen LogP contribution >= 0.6 is 0 Å². The summed E-state index contributed by atoms with van der Waals surface area (Å²) in [6, 6.07) is 16.3. The van der Waals surface area contributed by atoms with Gasteiger partial charge < -0.3 is 9.47 Å². The maximum absolute atomic E-state index is 12.8. The first-order valence-electron chi connectivity index (χ1n) is 9.86. The number of halogens is 2. The minimum Gasteiger partial charge on any atom is -0.445 e. The summed E-state index contributed by atoms with van der Waals surface area (Å²) in [6.45, 7) is -2.64. The molecule has 1 amide bonds. The highest BCUT2D eigenvalue weighted by Gasteiger charge is 2.38. The van der Waals surface area contributed by atoms with E-state index in [4.69, 9.17) is 9.47 Å². The van der Waals surface area contributed by atoms with E-state index in [0.717, 1.165) is 30.4 Å². The summed E-state index contributed by atoms with van der Waals surface area (Å²) in [4.78, 5) is 14.6. The van der Waals surface area contributed by atoms with Gasteiger partial charge in [0.25, 0.3) is 0 Å². The molecule has 2 unspecified atom stereocenters. The Hall–Kier alpha value is -2.89. The quantitative estimate of drug-likeness (QED) is 0.654. The Balaban J connectivity index is 1.52. The average molecular weight is 399 g/mol. The monoisotopic (exact) mass is 399 g/mol. The number of carbonyl (C=O) groups excluding carboxylic acids is 1. The standard InChI is InChI=1S/C23H23F2NO3/c24-22(25)29-21-12-5-4-11-20(21)17-13-18-9-6-10-19(14-17)26(18)23(27)28-15-16-7-2-1-3-8-16/h1-5,7-8,11-13,18-19,22H,6,9-10,14-15H2. The molecule has 0 aliphatic carbocycles. The fraction of sp³-hybridized carbons (Fsp3) is 0.348. The van der Waals surface area contributed by atoms with Crippen LogP contribution in [0.4, 0.5) is 13.6 Å². The Kier molecular flexibility index (Phi) is 5.79. The summed E-state index contributed by atoms with van der Waals surface area (Å²) in [5, 5.41) is 0. The van der Waals surface area contributed by atoms with Gasteiger partial charge in [0.15, 0.2) is 0 Å². The largest absolute Gasteiger partial charge is 0.445 e. The molecule has 4 rings (SSSR count). The van der Waals surface area contributed by atoms with Crippen molar-refractivity contribution in [3.8, 4) is 5.75 Å². The molecule has 2 aromatic rings. The Labute approximate surface area is 168 Å². The fourth-order valence-corrected chi connectivity index (χ4v) is 4.24. The molecule has 1 fully saturated rings. The third-order valence-electron chi connectivity index (χ3n) is 5.50. The zero-order valence-electron chi connectivity index (χ0n) is 16.0. The Bertz CT molecular complexity index is 885. The van der Waals surface area contributed by atoms with Crippen LogP contribution in [0.3, 0.4) is 0 Å². The van der Waals surface area contributed by atoms with E-state index in [1.165, 1.54) is 0 Å². The van der Waals surface area contributed by atoms with Crippen LogP contribution in [0.5, 0.6) is 5.75 Å². The summed E-state index contributed by atoms with van der Waals surface area (Å²) >= 11 is 0. The predicted octanol–water partition coefficient (Wildman–Crippen LogP) is 5.64. The smallest absolute Gasteiger partial charge is 0.410 e. The van der Waals surface area contributed by atoms with Crippen LogP contribution in [0.1, 0.15) is 36.8 Å². The molecule has 2 aliphatic rings. The third kappa shape index (κ3) is 4.42. The number of hydrogen-bond donors (Lipinski definition) is 0. The van der Waals surface area contributed by atoms with Crippen LogP contribution in [0.15, 0.2) is 60.7 Å². The van der Waals surface area contributed by atoms with Gasteiger partial charge in [0.1, 0.15) is 12.4 Å². The zero-order chi connectivity index (χ0) is 20.2. The number of amides is 1. The summed E-state index contributed by atoms with van der Waals surface area (Å²) in [5.74, 6) is 0.173. The van der Waals surface area contributed by atoms with Gasteiger partial charge in [-0.25, -0.2) is 4.79 Å². The lowest BCUT2D eigenvalue weighted by atomic mass is 9.83. The number of fused-ring (bicyclic) bond motifs is 2. The number of ether oxygens (including phenoxy) is 2. The number of nitrogens with zero attached hydrogens (tertiary/aromatic N) is 1. The van der Waals surface area contributed by atoms with Crippen molar-refractivity contribution in [2.45, 2.75) is 51.0 Å². The predicted molar refractivity (Wildman–Crippen MR) is 106 cm³/mol. The number of alkyl halides is 2. The second-order valence-electron chi connectivity index (χ2n) is 7.37. The van der Waals surface area contributed by atoms with E-state index in [0.29, 0.717) is 12.0 Å². The second-order valence-corrected chi connectivity index (χ2v) is 7.37. The van der Waals surface area contributed by atoms with Crippen LogP contribution in [-0.2, 0) is 11.3 Å². The van der Waals surface area contributed by atoms with Gasteiger partial charge in [-0.2, -0.15) is 8.78 Å². The molecule has 0 radical (unpaired) electrons. The van der Waals surface area contributed by atoms with Crippen LogP contribution < -0.4 is 4.74 Å². The van der Waals surface area contributed by atoms with Crippen molar-refractivity contribution < 1.29 is 23.0 Å². The molecule has 2 atom stereocenters. The maximum Gasteiger partial charge on any atom is 0.410 e. The molecular formula is C23H23F2NO3. The lowest BCUT2D eigenvalue weighted by Gasteiger charge is -2.44. The topological polar surface area (TPSA) is 38.8 Å². The van der Waals surface area contributed by atoms with Crippen molar-refractivity contribution in [1.29, 1.82) is 0 Å². The maximum atomic E-state index is 12.8. The van der Waals surface area contributed by atoms with Gasteiger partial charge in [-0.3, -0.25) is 4.90 Å². The minimum absolute atomic E-state index is 0.00312. The molecule has 2 aliphatic heterocycles. The van der Waals surface area contributed by atoms with E-state index in [1.807, 2.05) is 47.4 Å². The molecule has 0 N–H and O–H groups in total. The molecule has 29 heavy (non-hydrogen) atoms. The van der Waals surface area contributed by atoms with Gasteiger partial charge in [0.2, 0.25) is 0 Å². The van der Waals surface area contributed by atoms with Gasteiger partial charge in [-0.15, -0.1) is 0 Å². The van der Waals surface area contributed by atoms with E-state index in [9.17, 15) is 13.6 Å². The molecule has 0 aromatic heterocycles. The van der Waals surface area contributed by atoms with Gasteiger partial charge >= 0.3 is 12.7 Å². The lowest BCUT2D eigenvalue weighted by Crippen LogP contribution is -2.51. The first kappa shape index (κ1) is 19.4. The first-order valence-corrected chi connectivity index (χ1v) is 9.86. The summed E-state index contributed by atoms with van der Waals surface area (Å²) in [6.07, 6.45) is 5.01. The molecule has 6 heteroatoms. The lowest BCUT2D eigenvalue weighted by molar-refractivity contribution is -0.0500. The third-order valence-corrected chi connectivity index (χ3v) is 5.50. The van der Waals surface area contributed by atoms with E-state index >= 15 is 0 Å². The fourth-order valence-electron chi connectivity index (χ4n) is 4.24. The van der Waals surface area contributed by atoms with Gasteiger partial charge in [0, 0.05) is 11.6 Å². The molecule has 0 spiro atoms. The average Bonchev–Trinajstić information content (AvgIpc) is 2.72. The zero-order valence-corrected chi connectivity index (χ0v) is 16.0. The van der Waals surface area contributed by atoms with Crippen LogP contribution in [0, 0.1) is 0 Å². The van der Waals surface area contributed by atoms with Gasteiger partial charge in [0.05, 0.1) is 6.04 Å². The Morgan fingerprint density at radius 3 is 2.59 bits per heavy atom. The molecule has 0 saturated carbocycles. The Morgan fingerprint density at radius 1 is 1.07 bits per heavy atom. The van der Waals surface area contributed by atoms with Crippen LogP contribution in [0.2, 0.25) is 0 Å². The van der Waals surface area contributed by atoms with Crippen molar-refractivity contribution in [2.75, 3.05) is 0 Å². The number of carbonyl (C=O) groups is 1. The van der Waals surface area contributed by atoms with E-state index < -0.39 is 6.61 Å².